The zero-order chi connectivity index (χ0) is 25.7. The summed E-state index contributed by atoms with van der Waals surface area (Å²) < 4.78 is 12.7. The van der Waals surface area contributed by atoms with E-state index in [1.807, 2.05) is 36.4 Å². The quantitative estimate of drug-likeness (QED) is 0.293. The van der Waals surface area contributed by atoms with Gasteiger partial charge in [0.1, 0.15) is 12.2 Å². The summed E-state index contributed by atoms with van der Waals surface area (Å²) in [5.41, 5.74) is 10.2. The number of rotatable bonds is 7. The van der Waals surface area contributed by atoms with Gasteiger partial charge in [0, 0.05) is 35.5 Å². The molecule has 0 amide bonds. The van der Waals surface area contributed by atoms with Gasteiger partial charge in [0.25, 0.3) is 0 Å². The highest BCUT2D eigenvalue weighted by atomic mass is 35.5. The molecule has 1 aliphatic carbocycles. The van der Waals surface area contributed by atoms with Crippen molar-refractivity contribution < 1.29 is 4.57 Å². The monoisotopic (exact) mass is 525 g/mol. The fourth-order valence-corrected chi connectivity index (χ4v) is 6.53. The maximum atomic E-state index is 12.7. The molecule has 1 spiro atoms. The normalized spacial score (nSPS) is 17.1. The van der Waals surface area contributed by atoms with Gasteiger partial charge >= 0.3 is 0 Å². The van der Waals surface area contributed by atoms with Crippen LogP contribution in [-0.4, -0.2) is 61.4 Å². The Morgan fingerprint density at radius 2 is 1.86 bits per heavy atom. The molecule has 1 aliphatic heterocycles. The molecule has 2 heterocycles. The number of aromatic nitrogens is 2. The fourth-order valence-electron chi connectivity index (χ4n) is 5.24. The Kier molecular flexibility index (Phi) is 6.39. The number of para-hydroxylation sites is 1. The Morgan fingerprint density at radius 1 is 1.14 bits per heavy atom. The maximum Gasteiger partial charge on any atom is 0.229 e. The molecule has 2 fully saturated rings. The molecule has 2 aromatic carbocycles. The lowest BCUT2D eigenvalue weighted by Crippen LogP contribution is -2.66. The van der Waals surface area contributed by atoms with Crippen LogP contribution in [0.3, 0.4) is 0 Å². The van der Waals surface area contributed by atoms with E-state index >= 15 is 0 Å². The second-order valence-electron chi connectivity index (χ2n) is 10.7. The molecule has 4 N–H and O–H groups in total. The van der Waals surface area contributed by atoms with Gasteiger partial charge in [-0.1, -0.05) is 23.7 Å². The highest BCUT2D eigenvalue weighted by Crippen LogP contribution is 2.51. The number of nitrogens with zero attached hydrogens (tertiary/aromatic N) is 4. The van der Waals surface area contributed by atoms with Crippen molar-refractivity contribution >= 4 is 58.6 Å². The van der Waals surface area contributed by atoms with Crippen LogP contribution < -0.4 is 26.6 Å². The standard InChI is InChI=1S/C26H33ClN7OP/c1-33(2)18-12-26(13-18)15-34(16-26)22-10-9-17(11-20(22)28)30-25-29-14-19(27)24(32-25)31-21-7-5-6-8-23(21)36(3,4)35/h5-11,14,18H,12-13,15-16,28H2,1-4H3,(H2,29,30,31,32). The molecule has 2 aliphatic rings. The minimum Gasteiger partial charge on any atom is -0.397 e. The van der Waals surface area contributed by atoms with Gasteiger partial charge in [-0.25, -0.2) is 4.98 Å². The number of benzene rings is 2. The van der Waals surface area contributed by atoms with Crippen LogP contribution in [0.4, 0.5) is 34.5 Å². The number of hydrogen-bond acceptors (Lipinski definition) is 8. The summed E-state index contributed by atoms with van der Waals surface area (Å²) in [6.07, 6.45) is 4.06. The molecule has 190 valence electrons. The topological polar surface area (TPSA) is 99.4 Å². The van der Waals surface area contributed by atoms with E-state index < -0.39 is 7.14 Å². The van der Waals surface area contributed by atoms with Crippen LogP contribution in [0.15, 0.2) is 48.7 Å². The Balaban J connectivity index is 1.27. The molecule has 10 heteroatoms. The number of hydrogen-bond donors (Lipinski definition) is 3. The van der Waals surface area contributed by atoms with E-state index in [1.165, 1.54) is 19.0 Å². The number of halogens is 1. The van der Waals surface area contributed by atoms with Gasteiger partial charge in [-0.15, -0.1) is 0 Å². The van der Waals surface area contributed by atoms with Crippen LogP contribution in [0.25, 0.3) is 0 Å². The van der Waals surface area contributed by atoms with Gasteiger partial charge in [-0.2, -0.15) is 4.98 Å². The second-order valence-corrected chi connectivity index (χ2v) is 14.3. The zero-order valence-corrected chi connectivity index (χ0v) is 22.8. The summed E-state index contributed by atoms with van der Waals surface area (Å²) in [6.45, 7) is 5.60. The minimum atomic E-state index is -2.49. The molecule has 1 saturated heterocycles. The van der Waals surface area contributed by atoms with E-state index in [4.69, 9.17) is 17.3 Å². The molecule has 8 nitrogen and oxygen atoms in total. The SMILES string of the molecule is CN(C)C1CC2(C1)CN(c1ccc(Nc3ncc(Cl)c(Nc4ccccc4P(C)(C)=O)n3)cc1N)C2. The van der Waals surface area contributed by atoms with E-state index in [9.17, 15) is 4.57 Å². The third kappa shape index (κ3) is 4.90. The average Bonchev–Trinajstić information content (AvgIpc) is 2.75. The maximum absolute atomic E-state index is 12.7. The first-order chi connectivity index (χ1) is 17.0. The molecule has 0 atom stereocenters. The van der Waals surface area contributed by atoms with E-state index in [-0.39, 0.29) is 0 Å². The molecular formula is C26H33ClN7OP. The summed E-state index contributed by atoms with van der Waals surface area (Å²) in [6, 6.07) is 14.1. The Bertz CT molecular complexity index is 1330. The second kappa shape index (κ2) is 9.25. The van der Waals surface area contributed by atoms with E-state index in [2.05, 4.69) is 50.6 Å². The van der Waals surface area contributed by atoms with Crippen LogP contribution in [0, 0.1) is 5.41 Å². The first-order valence-corrected chi connectivity index (χ1v) is 15.0. The predicted molar refractivity (Wildman–Crippen MR) is 151 cm³/mol. The Hall–Kier alpha value is -2.80. The summed E-state index contributed by atoms with van der Waals surface area (Å²) in [4.78, 5) is 13.6. The summed E-state index contributed by atoms with van der Waals surface area (Å²) in [5.74, 6) is 0.817. The first kappa shape index (κ1) is 24.9. The van der Waals surface area contributed by atoms with E-state index in [0.717, 1.165) is 35.5 Å². The van der Waals surface area contributed by atoms with E-state index in [1.54, 1.807) is 13.3 Å². The van der Waals surface area contributed by atoms with Crippen LogP contribution in [0.2, 0.25) is 5.02 Å². The summed E-state index contributed by atoms with van der Waals surface area (Å²) in [5, 5.41) is 7.55. The van der Waals surface area contributed by atoms with Gasteiger partial charge in [0.15, 0.2) is 5.82 Å². The fraction of sp³-hybridized carbons (Fsp3) is 0.385. The molecular weight excluding hydrogens is 493 g/mol. The van der Waals surface area contributed by atoms with Gasteiger partial charge in [-0.05, 0) is 70.6 Å². The van der Waals surface area contributed by atoms with Gasteiger partial charge < -0.3 is 30.7 Å². The summed E-state index contributed by atoms with van der Waals surface area (Å²) >= 11 is 6.37. The van der Waals surface area contributed by atoms with Gasteiger partial charge in [0.2, 0.25) is 5.95 Å². The average molecular weight is 526 g/mol. The van der Waals surface area contributed by atoms with Gasteiger partial charge in [-0.3, -0.25) is 0 Å². The number of nitrogens with two attached hydrogens (primary N) is 1. The number of nitrogens with one attached hydrogen (secondary N) is 2. The van der Waals surface area contributed by atoms with Crippen molar-refractivity contribution in [1.82, 2.24) is 14.9 Å². The van der Waals surface area contributed by atoms with Crippen molar-refractivity contribution in [3.63, 3.8) is 0 Å². The number of anilines is 6. The number of nitrogen functional groups attached to an aromatic ring is 1. The smallest absolute Gasteiger partial charge is 0.229 e. The lowest BCUT2D eigenvalue weighted by Gasteiger charge is -2.61. The van der Waals surface area contributed by atoms with Crippen molar-refractivity contribution in [2.75, 3.05) is 61.8 Å². The van der Waals surface area contributed by atoms with Crippen molar-refractivity contribution in [3.8, 4) is 0 Å². The minimum absolute atomic E-state index is 0.367. The predicted octanol–water partition coefficient (Wildman–Crippen LogP) is 4.98. The lowest BCUT2D eigenvalue weighted by atomic mass is 9.60. The van der Waals surface area contributed by atoms with Crippen molar-refractivity contribution in [2.24, 2.45) is 5.41 Å². The largest absolute Gasteiger partial charge is 0.397 e. The van der Waals surface area contributed by atoms with Crippen LogP contribution in [0.5, 0.6) is 0 Å². The summed E-state index contributed by atoms with van der Waals surface area (Å²) in [7, 11) is 1.83. The van der Waals surface area contributed by atoms with Crippen molar-refractivity contribution in [3.05, 3.63) is 53.7 Å². The molecule has 5 rings (SSSR count). The molecule has 0 radical (unpaired) electrons. The first-order valence-electron chi connectivity index (χ1n) is 12.1. The van der Waals surface area contributed by atoms with Gasteiger partial charge in [0.05, 0.1) is 23.3 Å². The van der Waals surface area contributed by atoms with Crippen LogP contribution >= 0.6 is 18.7 Å². The Labute approximate surface area is 217 Å². The molecule has 1 saturated carbocycles. The highest BCUT2D eigenvalue weighted by Gasteiger charge is 2.53. The lowest BCUT2D eigenvalue weighted by molar-refractivity contribution is 0.00142. The zero-order valence-electron chi connectivity index (χ0n) is 21.1. The molecule has 1 aromatic heterocycles. The molecule has 36 heavy (non-hydrogen) atoms. The van der Waals surface area contributed by atoms with Crippen molar-refractivity contribution in [1.29, 1.82) is 0 Å². The highest BCUT2D eigenvalue weighted by molar-refractivity contribution is 7.70. The Morgan fingerprint density at radius 3 is 2.53 bits per heavy atom. The van der Waals surface area contributed by atoms with Crippen LogP contribution in [-0.2, 0) is 4.57 Å². The third-order valence-corrected chi connectivity index (χ3v) is 9.05. The van der Waals surface area contributed by atoms with Crippen LogP contribution in [0.1, 0.15) is 12.8 Å². The molecule has 0 bridgehead atoms. The molecule has 3 aromatic rings. The molecule has 0 unspecified atom stereocenters. The van der Waals surface area contributed by atoms with E-state index in [0.29, 0.717) is 33.9 Å². The van der Waals surface area contributed by atoms with Crippen molar-refractivity contribution in [2.45, 2.75) is 18.9 Å². The third-order valence-electron chi connectivity index (χ3n) is 7.23.